The van der Waals surface area contributed by atoms with Gasteiger partial charge in [-0.2, -0.15) is 0 Å². The Hall–Kier alpha value is -2.31. The predicted octanol–water partition coefficient (Wildman–Crippen LogP) is 0.413. The molecule has 3 N–H and O–H groups in total. The highest BCUT2D eigenvalue weighted by Gasteiger charge is 2.15. The molecule has 0 aliphatic heterocycles. The lowest BCUT2D eigenvalue weighted by Crippen LogP contribution is -2.36. The van der Waals surface area contributed by atoms with Crippen molar-refractivity contribution in [1.82, 2.24) is 10.3 Å². The molecular weight excluding hydrogens is 260 g/mol. The van der Waals surface area contributed by atoms with E-state index in [0.29, 0.717) is 18.1 Å². The van der Waals surface area contributed by atoms with Crippen LogP contribution in [0.25, 0.3) is 0 Å². The SMILES string of the molecule is CCCNC(=O)CN(C)c1nc(C(=O)OC)ccc1N. The molecule has 0 radical (unpaired) electrons. The standard InChI is InChI=1S/C13H20N4O3/c1-4-7-15-11(18)8-17(2)12-9(14)5-6-10(16-12)13(19)20-3/h5-6H,4,7-8,14H2,1-3H3,(H,15,18). The zero-order chi connectivity index (χ0) is 15.1. The number of rotatable bonds is 6. The van der Waals surface area contributed by atoms with Crippen LogP contribution in [0.4, 0.5) is 11.5 Å². The van der Waals surface area contributed by atoms with Crippen LogP contribution >= 0.6 is 0 Å². The van der Waals surface area contributed by atoms with E-state index in [4.69, 9.17) is 5.73 Å². The number of likely N-dealkylation sites (N-methyl/N-ethyl adjacent to an activating group) is 1. The number of nitrogens with one attached hydrogen (secondary N) is 1. The van der Waals surface area contributed by atoms with Gasteiger partial charge >= 0.3 is 5.97 Å². The van der Waals surface area contributed by atoms with Crippen molar-refractivity contribution < 1.29 is 14.3 Å². The molecule has 0 saturated carbocycles. The average molecular weight is 280 g/mol. The average Bonchev–Trinajstić information content (AvgIpc) is 2.44. The molecule has 0 aliphatic carbocycles. The zero-order valence-corrected chi connectivity index (χ0v) is 12.0. The van der Waals surface area contributed by atoms with Gasteiger partial charge in [0.25, 0.3) is 0 Å². The van der Waals surface area contributed by atoms with Crippen LogP contribution in [0.2, 0.25) is 0 Å². The van der Waals surface area contributed by atoms with Gasteiger partial charge in [-0.25, -0.2) is 9.78 Å². The van der Waals surface area contributed by atoms with Crippen molar-refractivity contribution in [1.29, 1.82) is 0 Å². The second-order valence-corrected chi connectivity index (χ2v) is 4.31. The maximum atomic E-state index is 11.7. The third-order valence-corrected chi connectivity index (χ3v) is 2.61. The lowest BCUT2D eigenvalue weighted by molar-refractivity contribution is -0.119. The highest BCUT2D eigenvalue weighted by molar-refractivity contribution is 5.89. The third-order valence-electron chi connectivity index (χ3n) is 2.61. The number of hydrogen-bond donors (Lipinski definition) is 2. The molecule has 1 rings (SSSR count). The summed E-state index contributed by atoms with van der Waals surface area (Å²) in [7, 11) is 2.97. The minimum absolute atomic E-state index is 0.113. The van der Waals surface area contributed by atoms with E-state index in [-0.39, 0.29) is 18.1 Å². The van der Waals surface area contributed by atoms with Crippen molar-refractivity contribution >= 4 is 23.4 Å². The van der Waals surface area contributed by atoms with E-state index in [1.165, 1.54) is 13.2 Å². The number of ether oxygens (including phenoxy) is 1. The minimum atomic E-state index is -0.546. The Labute approximate surface area is 118 Å². The highest BCUT2D eigenvalue weighted by Crippen LogP contribution is 2.19. The minimum Gasteiger partial charge on any atom is -0.464 e. The lowest BCUT2D eigenvalue weighted by atomic mass is 10.3. The van der Waals surface area contributed by atoms with Gasteiger partial charge in [0.05, 0.1) is 19.3 Å². The van der Waals surface area contributed by atoms with Crippen molar-refractivity contribution in [2.24, 2.45) is 0 Å². The summed E-state index contributed by atoms with van der Waals surface area (Å²) in [6.45, 7) is 2.71. The molecule has 0 aliphatic rings. The molecule has 0 atom stereocenters. The van der Waals surface area contributed by atoms with Gasteiger partial charge in [-0.05, 0) is 18.6 Å². The van der Waals surface area contributed by atoms with Gasteiger partial charge in [0.1, 0.15) is 0 Å². The van der Waals surface area contributed by atoms with Gasteiger partial charge in [0, 0.05) is 13.6 Å². The number of nitrogens with zero attached hydrogens (tertiary/aromatic N) is 2. The van der Waals surface area contributed by atoms with Crippen LogP contribution < -0.4 is 16.0 Å². The Bertz CT molecular complexity index is 491. The molecule has 0 bridgehead atoms. The fourth-order valence-corrected chi connectivity index (χ4v) is 1.59. The molecule has 0 fully saturated rings. The van der Waals surface area contributed by atoms with Crippen LogP contribution in [-0.4, -0.2) is 44.1 Å². The maximum Gasteiger partial charge on any atom is 0.356 e. The van der Waals surface area contributed by atoms with E-state index in [9.17, 15) is 9.59 Å². The number of carbonyl (C=O) groups excluding carboxylic acids is 2. The lowest BCUT2D eigenvalue weighted by Gasteiger charge is -2.19. The number of nitrogens with two attached hydrogens (primary N) is 1. The number of esters is 1. The number of methoxy groups -OCH3 is 1. The molecule has 7 heteroatoms. The van der Waals surface area contributed by atoms with E-state index in [1.54, 1.807) is 18.0 Å². The topological polar surface area (TPSA) is 97.5 Å². The number of hydrogen-bond acceptors (Lipinski definition) is 6. The smallest absolute Gasteiger partial charge is 0.356 e. The quantitative estimate of drug-likeness (QED) is 0.733. The van der Waals surface area contributed by atoms with Crippen molar-refractivity contribution in [3.63, 3.8) is 0 Å². The summed E-state index contributed by atoms with van der Waals surface area (Å²) in [6.07, 6.45) is 0.869. The van der Waals surface area contributed by atoms with E-state index in [1.807, 2.05) is 6.92 Å². The van der Waals surface area contributed by atoms with Crippen molar-refractivity contribution in [3.05, 3.63) is 17.8 Å². The number of pyridine rings is 1. The molecular formula is C13H20N4O3. The van der Waals surface area contributed by atoms with Gasteiger partial charge in [0.2, 0.25) is 5.91 Å². The van der Waals surface area contributed by atoms with Gasteiger partial charge in [-0.3, -0.25) is 4.79 Å². The molecule has 1 aromatic heterocycles. The maximum absolute atomic E-state index is 11.7. The van der Waals surface area contributed by atoms with Crippen LogP contribution in [0.1, 0.15) is 23.8 Å². The molecule has 7 nitrogen and oxygen atoms in total. The van der Waals surface area contributed by atoms with Crippen LogP contribution in [0.3, 0.4) is 0 Å². The van der Waals surface area contributed by atoms with Crippen molar-refractivity contribution in [3.8, 4) is 0 Å². The van der Waals surface area contributed by atoms with Gasteiger partial charge in [-0.15, -0.1) is 0 Å². The second kappa shape index (κ2) is 7.32. The molecule has 1 aromatic rings. The number of nitrogen functional groups attached to an aromatic ring is 1. The second-order valence-electron chi connectivity index (χ2n) is 4.31. The first-order chi connectivity index (χ1) is 9.49. The van der Waals surface area contributed by atoms with Crippen LogP contribution in [0.5, 0.6) is 0 Å². The summed E-state index contributed by atoms with van der Waals surface area (Å²) in [4.78, 5) is 28.8. The Morgan fingerprint density at radius 3 is 2.75 bits per heavy atom. The molecule has 110 valence electrons. The third kappa shape index (κ3) is 4.11. The van der Waals surface area contributed by atoms with Crippen LogP contribution in [0, 0.1) is 0 Å². The van der Waals surface area contributed by atoms with Gasteiger partial charge < -0.3 is 20.7 Å². The van der Waals surface area contributed by atoms with Gasteiger partial charge in [0.15, 0.2) is 11.5 Å². The first-order valence-electron chi connectivity index (χ1n) is 6.32. The highest BCUT2D eigenvalue weighted by atomic mass is 16.5. The van der Waals surface area contributed by atoms with Gasteiger partial charge in [-0.1, -0.05) is 6.92 Å². The fourth-order valence-electron chi connectivity index (χ4n) is 1.59. The molecule has 1 amide bonds. The fraction of sp³-hybridized carbons (Fsp3) is 0.462. The Balaban J connectivity index is 2.83. The summed E-state index contributed by atoms with van der Waals surface area (Å²) < 4.78 is 4.61. The monoisotopic (exact) mass is 280 g/mol. The van der Waals surface area contributed by atoms with E-state index in [0.717, 1.165) is 6.42 Å². The van der Waals surface area contributed by atoms with Crippen molar-refractivity contribution in [2.75, 3.05) is 37.9 Å². The summed E-state index contributed by atoms with van der Waals surface area (Å²) >= 11 is 0. The molecule has 0 aromatic carbocycles. The summed E-state index contributed by atoms with van der Waals surface area (Å²) in [6, 6.07) is 3.05. The van der Waals surface area contributed by atoms with E-state index in [2.05, 4.69) is 15.0 Å². The van der Waals surface area contributed by atoms with E-state index >= 15 is 0 Å². The molecule has 0 spiro atoms. The Morgan fingerprint density at radius 2 is 2.15 bits per heavy atom. The molecule has 20 heavy (non-hydrogen) atoms. The largest absolute Gasteiger partial charge is 0.464 e. The molecule has 1 heterocycles. The van der Waals surface area contributed by atoms with Crippen LogP contribution in [-0.2, 0) is 9.53 Å². The first kappa shape index (κ1) is 15.7. The predicted molar refractivity (Wildman–Crippen MR) is 76.6 cm³/mol. The number of anilines is 2. The normalized spacial score (nSPS) is 9.95. The Kier molecular flexibility index (Phi) is 5.76. The van der Waals surface area contributed by atoms with E-state index < -0.39 is 5.97 Å². The van der Waals surface area contributed by atoms with Crippen molar-refractivity contribution in [2.45, 2.75) is 13.3 Å². The molecule has 0 saturated heterocycles. The zero-order valence-electron chi connectivity index (χ0n) is 12.0. The summed E-state index contributed by atoms with van der Waals surface area (Å²) in [5.41, 5.74) is 6.36. The molecule has 0 unspecified atom stereocenters. The number of amides is 1. The summed E-state index contributed by atoms with van der Waals surface area (Å²) in [5, 5.41) is 2.76. The number of carbonyl (C=O) groups is 2. The van der Waals surface area contributed by atoms with Crippen LogP contribution in [0.15, 0.2) is 12.1 Å². The first-order valence-corrected chi connectivity index (χ1v) is 6.32. The summed E-state index contributed by atoms with van der Waals surface area (Å²) in [5.74, 6) is -0.298. The number of aromatic nitrogens is 1. The Morgan fingerprint density at radius 1 is 1.45 bits per heavy atom.